The normalized spacial score (nSPS) is 15.8. The van der Waals surface area contributed by atoms with Crippen molar-refractivity contribution in [2.75, 3.05) is 6.61 Å². The lowest BCUT2D eigenvalue weighted by molar-refractivity contribution is -0.268. The number of esters is 1. The highest BCUT2D eigenvalue weighted by atomic mass is 19.3. The molecule has 0 heterocycles. The zero-order valence-electron chi connectivity index (χ0n) is 15.1. The Morgan fingerprint density at radius 1 is 0.964 bits per heavy atom. The maximum atomic E-state index is 13.2. The lowest BCUT2D eigenvalue weighted by atomic mass is 9.86. The van der Waals surface area contributed by atoms with Crippen LogP contribution in [0.25, 0.3) is 0 Å². The Labute approximate surface area is 156 Å². The maximum absolute atomic E-state index is 13.2. The second-order valence-electron chi connectivity index (χ2n) is 6.40. The molecule has 12 heteroatoms. The van der Waals surface area contributed by atoms with Gasteiger partial charge >= 0.3 is 36.2 Å². The third kappa shape index (κ3) is 7.19. The molecule has 0 rings (SSSR count). The van der Waals surface area contributed by atoms with E-state index in [1.54, 1.807) is 0 Å². The number of ether oxygens (including phenoxy) is 1. The third-order valence-electron chi connectivity index (χ3n) is 4.23. The van der Waals surface area contributed by atoms with Gasteiger partial charge in [0.15, 0.2) is 0 Å². The van der Waals surface area contributed by atoms with Crippen molar-refractivity contribution in [2.45, 2.75) is 57.8 Å². The number of carbonyl (C=O) groups excluding carboxylic acids is 1. The highest BCUT2D eigenvalue weighted by molar-refractivity contribution is 5.76. The summed E-state index contributed by atoms with van der Waals surface area (Å²) in [4.78, 5) is 34.0. The molecule has 0 aromatic rings. The SMILES string of the molecule is CCC(CC(CC(C)C(=O)O)C(=O)O)C(=O)OCCC(F)(F)C(F)(F)C(F)F. The first-order chi connectivity index (χ1) is 12.7. The Hall–Kier alpha value is -2.01. The first-order valence-electron chi connectivity index (χ1n) is 8.33. The summed E-state index contributed by atoms with van der Waals surface area (Å²) in [7, 11) is 0. The summed E-state index contributed by atoms with van der Waals surface area (Å²) in [6.45, 7) is 1.45. The van der Waals surface area contributed by atoms with Crippen LogP contribution in [0.1, 0.15) is 39.5 Å². The molecule has 3 atom stereocenters. The second kappa shape index (κ2) is 10.5. The van der Waals surface area contributed by atoms with Crippen molar-refractivity contribution in [2.24, 2.45) is 17.8 Å². The van der Waals surface area contributed by atoms with Crippen LogP contribution in [0.4, 0.5) is 26.3 Å². The van der Waals surface area contributed by atoms with Crippen molar-refractivity contribution < 1.29 is 55.7 Å². The monoisotopic (exact) mass is 424 g/mol. The van der Waals surface area contributed by atoms with Gasteiger partial charge in [-0.05, 0) is 19.3 Å². The molecule has 0 aromatic heterocycles. The predicted molar refractivity (Wildman–Crippen MR) is 82.4 cm³/mol. The second-order valence-corrected chi connectivity index (χ2v) is 6.40. The van der Waals surface area contributed by atoms with Gasteiger partial charge in [-0.3, -0.25) is 14.4 Å². The summed E-state index contributed by atoms with van der Waals surface area (Å²) in [5, 5.41) is 18.0. The first kappa shape index (κ1) is 26.0. The summed E-state index contributed by atoms with van der Waals surface area (Å²) in [6.07, 6.45) is -7.09. The van der Waals surface area contributed by atoms with Crippen molar-refractivity contribution in [1.82, 2.24) is 0 Å². The average molecular weight is 424 g/mol. The van der Waals surface area contributed by atoms with Crippen molar-refractivity contribution in [3.8, 4) is 0 Å². The largest absolute Gasteiger partial charge is 0.481 e. The van der Waals surface area contributed by atoms with E-state index in [9.17, 15) is 40.7 Å². The molecule has 0 radical (unpaired) electrons. The van der Waals surface area contributed by atoms with Crippen LogP contribution in [0.5, 0.6) is 0 Å². The molecule has 0 bridgehead atoms. The van der Waals surface area contributed by atoms with E-state index in [0.717, 1.165) is 0 Å². The number of aliphatic carboxylic acids is 2. The zero-order chi connectivity index (χ0) is 22.3. The molecular weight excluding hydrogens is 402 g/mol. The number of halogens is 6. The van der Waals surface area contributed by atoms with E-state index in [1.807, 2.05) is 0 Å². The van der Waals surface area contributed by atoms with Gasteiger partial charge in [0.1, 0.15) is 0 Å². The summed E-state index contributed by atoms with van der Waals surface area (Å²) in [5.74, 6) is -17.9. The molecule has 28 heavy (non-hydrogen) atoms. The van der Waals surface area contributed by atoms with Crippen LogP contribution in [0.15, 0.2) is 0 Å². The standard InChI is InChI=1S/C16H22F6O6/c1-3-9(7-10(12(25)26)6-8(2)11(23)24)13(27)28-5-4-15(19,20)16(21,22)14(17)18/h8-10,14H,3-7H2,1-2H3,(H,23,24)(H,25,26). The Bertz CT molecular complexity index is 554. The lowest BCUT2D eigenvalue weighted by Crippen LogP contribution is -2.47. The van der Waals surface area contributed by atoms with Gasteiger partial charge in [0.2, 0.25) is 0 Å². The fourth-order valence-corrected chi connectivity index (χ4v) is 2.32. The van der Waals surface area contributed by atoms with E-state index in [-0.39, 0.29) is 19.3 Å². The lowest BCUT2D eigenvalue weighted by Gasteiger charge is -2.26. The van der Waals surface area contributed by atoms with E-state index < -0.39 is 67.0 Å². The van der Waals surface area contributed by atoms with Crippen molar-refractivity contribution in [3.05, 3.63) is 0 Å². The molecule has 0 aromatic carbocycles. The van der Waals surface area contributed by atoms with Gasteiger partial charge in [-0.25, -0.2) is 8.78 Å². The van der Waals surface area contributed by atoms with Gasteiger partial charge in [0.25, 0.3) is 0 Å². The molecule has 164 valence electrons. The van der Waals surface area contributed by atoms with Crippen LogP contribution in [-0.2, 0) is 19.1 Å². The average Bonchev–Trinajstić information content (AvgIpc) is 2.57. The quantitative estimate of drug-likeness (QED) is 0.346. The Kier molecular flexibility index (Phi) is 9.76. The molecule has 0 saturated carbocycles. The summed E-state index contributed by atoms with van der Waals surface area (Å²) in [6, 6.07) is 0. The van der Waals surface area contributed by atoms with Crippen LogP contribution in [0.3, 0.4) is 0 Å². The van der Waals surface area contributed by atoms with Gasteiger partial charge in [-0.1, -0.05) is 13.8 Å². The predicted octanol–water partition coefficient (Wildman–Crippen LogP) is 3.68. The van der Waals surface area contributed by atoms with Gasteiger partial charge in [0, 0.05) is 0 Å². The fraction of sp³-hybridized carbons (Fsp3) is 0.812. The van der Waals surface area contributed by atoms with E-state index in [2.05, 4.69) is 4.74 Å². The van der Waals surface area contributed by atoms with E-state index in [0.29, 0.717) is 0 Å². The summed E-state index contributed by atoms with van der Waals surface area (Å²) in [5.41, 5.74) is 0. The van der Waals surface area contributed by atoms with E-state index in [1.165, 1.54) is 13.8 Å². The Morgan fingerprint density at radius 3 is 1.89 bits per heavy atom. The number of alkyl halides is 6. The molecule has 6 nitrogen and oxygen atoms in total. The number of carboxylic acid groups (broad SMARTS) is 2. The molecular formula is C16H22F6O6. The van der Waals surface area contributed by atoms with Crippen LogP contribution in [-0.4, -0.2) is 53.0 Å². The number of hydrogen-bond acceptors (Lipinski definition) is 4. The highest BCUT2D eigenvalue weighted by Crippen LogP contribution is 2.41. The minimum atomic E-state index is -5.59. The van der Waals surface area contributed by atoms with Crippen LogP contribution < -0.4 is 0 Å². The number of hydrogen-bond donors (Lipinski definition) is 2. The Balaban J connectivity index is 4.87. The molecule has 3 unspecified atom stereocenters. The topological polar surface area (TPSA) is 101 Å². The van der Waals surface area contributed by atoms with Crippen LogP contribution in [0, 0.1) is 17.8 Å². The van der Waals surface area contributed by atoms with Crippen molar-refractivity contribution in [1.29, 1.82) is 0 Å². The number of carboxylic acids is 2. The number of carbonyl (C=O) groups is 3. The zero-order valence-corrected chi connectivity index (χ0v) is 15.1. The van der Waals surface area contributed by atoms with Crippen LogP contribution in [0.2, 0.25) is 0 Å². The van der Waals surface area contributed by atoms with Crippen LogP contribution >= 0.6 is 0 Å². The van der Waals surface area contributed by atoms with Crippen molar-refractivity contribution in [3.63, 3.8) is 0 Å². The first-order valence-corrected chi connectivity index (χ1v) is 8.33. The van der Waals surface area contributed by atoms with E-state index >= 15 is 0 Å². The molecule has 0 spiro atoms. The van der Waals surface area contributed by atoms with E-state index in [4.69, 9.17) is 10.2 Å². The fourth-order valence-electron chi connectivity index (χ4n) is 2.32. The summed E-state index contributed by atoms with van der Waals surface area (Å²) < 4.78 is 80.3. The molecule has 0 amide bonds. The molecule has 0 aliphatic heterocycles. The smallest absolute Gasteiger partial charge is 0.369 e. The minimum Gasteiger partial charge on any atom is -0.481 e. The maximum Gasteiger partial charge on any atom is 0.369 e. The third-order valence-corrected chi connectivity index (χ3v) is 4.23. The van der Waals surface area contributed by atoms with Gasteiger partial charge in [-0.2, -0.15) is 17.6 Å². The molecule has 2 N–H and O–H groups in total. The summed E-state index contributed by atoms with van der Waals surface area (Å²) >= 11 is 0. The minimum absolute atomic E-state index is 0.00759. The molecule has 0 aliphatic rings. The Morgan fingerprint density at radius 2 is 1.50 bits per heavy atom. The van der Waals surface area contributed by atoms with Crippen molar-refractivity contribution >= 4 is 17.9 Å². The molecule has 0 fully saturated rings. The number of rotatable bonds is 13. The van der Waals surface area contributed by atoms with Gasteiger partial charge in [-0.15, -0.1) is 0 Å². The van der Waals surface area contributed by atoms with Gasteiger partial charge < -0.3 is 14.9 Å². The highest BCUT2D eigenvalue weighted by Gasteiger charge is 2.62. The molecule has 0 saturated heterocycles. The van der Waals surface area contributed by atoms with Gasteiger partial charge in [0.05, 0.1) is 30.8 Å². The molecule has 0 aliphatic carbocycles.